The van der Waals surface area contributed by atoms with Crippen LogP contribution >= 0.6 is 22.7 Å². The lowest BCUT2D eigenvalue weighted by molar-refractivity contribution is 0.0595. The number of rotatable bonds is 3. The van der Waals surface area contributed by atoms with Gasteiger partial charge in [0.1, 0.15) is 10.7 Å². The van der Waals surface area contributed by atoms with Crippen LogP contribution in [-0.4, -0.2) is 40.1 Å². The zero-order chi connectivity index (χ0) is 14.7. The van der Waals surface area contributed by atoms with Gasteiger partial charge in [-0.1, -0.05) is 18.9 Å². The molecule has 0 aromatic carbocycles. The van der Waals surface area contributed by atoms with Crippen LogP contribution in [0.4, 0.5) is 0 Å². The first-order chi connectivity index (χ1) is 10.3. The summed E-state index contributed by atoms with van der Waals surface area (Å²) in [5.74, 6) is -0.0463. The molecule has 1 aliphatic heterocycles. The van der Waals surface area contributed by atoms with Crippen LogP contribution in [0, 0.1) is 0 Å². The van der Waals surface area contributed by atoms with E-state index in [1.165, 1.54) is 11.3 Å². The van der Waals surface area contributed by atoms with Crippen molar-refractivity contribution in [1.82, 2.24) is 9.88 Å². The first kappa shape index (κ1) is 14.7. The van der Waals surface area contributed by atoms with Crippen molar-refractivity contribution in [1.29, 1.82) is 0 Å². The summed E-state index contributed by atoms with van der Waals surface area (Å²) in [5.41, 5.74) is 0.503. The Hall–Kier alpha value is -1.24. The van der Waals surface area contributed by atoms with E-state index in [4.69, 9.17) is 0 Å². The summed E-state index contributed by atoms with van der Waals surface area (Å²) in [6, 6.07) is 3.94. The Morgan fingerprint density at radius 1 is 1.38 bits per heavy atom. The number of thiophene rings is 1. The third-order valence-electron chi connectivity index (χ3n) is 3.80. The lowest BCUT2D eigenvalue weighted by Crippen LogP contribution is -2.42. The Balaban J connectivity index is 1.80. The fourth-order valence-electron chi connectivity index (χ4n) is 2.67. The van der Waals surface area contributed by atoms with Crippen LogP contribution in [0.1, 0.15) is 36.2 Å². The molecule has 3 heterocycles. The number of carbonyl (C=O) groups is 1. The monoisotopic (exact) mass is 322 g/mol. The van der Waals surface area contributed by atoms with Crippen molar-refractivity contribution >= 4 is 28.6 Å². The van der Waals surface area contributed by atoms with Crippen molar-refractivity contribution in [2.24, 2.45) is 0 Å². The number of carbonyl (C=O) groups excluding carboxylic acids is 1. The van der Waals surface area contributed by atoms with Crippen molar-refractivity contribution in [2.75, 3.05) is 13.2 Å². The maximum Gasteiger partial charge on any atom is 0.273 e. The second-order valence-electron chi connectivity index (χ2n) is 5.20. The number of amides is 1. The number of aromatic nitrogens is 1. The summed E-state index contributed by atoms with van der Waals surface area (Å²) in [5, 5.41) is 14.3. The number of hydrogen-bond acceptors (Lipinski definition) is 5. The molecule has 6 heteroatoms. The van der Waals surface area contributed by atoms with Crippen LogP contribution in [0.2, 0.25) is 0 Å². The minimum Gasteiger partial charge on any atom is -0.394 e. The summed E-state index contributed by atoms with van der Waals surface area (Å²) in [6.07, 6.45) is 4.08. The average molecular weight is 322 g/mol. The van der Waals surface area contributed by atoms with Gasteiger partial charge in [-0.3, -0.25) is 4.79 Å². The van der Waals surface area contributed by atoms with E-state index in [0.29, 0.717) is 5.69 Å². The smallest absolute Gasteiger partial charge is 0.273 e. The minimum absolute atomic E-state index is 0.0354. The molecule has 1 N–H and O–H groups in total. The van der Waals surface area contributed by atoms with Crippen LogP contribution < -0.4 is 0 Å². The first-order valence-electron chi connectivity index (χ1n) is 7.21. The van der Waals surface area contributed by atoms with Gasteiger partial charge in [0.25, 0.3) is 5.91 Å². The van der Waals surface area contributed by atoms with Gasteiger partial charge in [0.2, 0.25) is 0 Å². The standard InChI is InChI=1S/C15H18N2O2S2/c18-9-11-5-2-1-3-7-17(11)15(19)12-10-21-14(16-12)13-6-4-8-20-13/h4,6,8,10-11,18H,1-3,5,7,9H2. The highest BCUT2D eigenvalue weighted by atomic mass is 32.1. The van der Waals surface area contributed by atoms with E-state index in [2.05, 4.69) is 4.98 Å². The molecule has 0 radical (unpaired) electrons. The van der Waals surface area contributed by atoms with E-state index >= 15 is 0 Å². The highest BCUT2D eigenvalue weighted by molar-refractivity contribution is 7.20. The molecule has 1 atom stereocenters. The highest BCUT2D eigenvalue weighted by Gasteiger charge is 2.27. The van der Waals surface area contributed by atoms with E-state index in [9.17, 15) is 9.90 Å². The number of thiazole rings is 1. The minimum atomic E-state index is -0.0631. The number of hydrogen-bond donors (Lipinski definition) is 1. The number of likely N-dealkylation sites (tertiary alicyclic amines) is 1. The summed E-state index contributed by atoms with van der Waals surface area (Å²) in [4.78, 5) is 20.0. The number of aliphatic hydroxyl groups is 1. The summed E-state index contributed by atoms with van der Waals surface area (Å²) < 4.78 is 0. The molecule has 0 spiro atoms. The lowest BCUT2D eigenvalue weighted by Gasteiger charge is -2.27. The SMILES string of the molecule is O=C(c1csc(-c2cccs2)n1)N1CCCCCC1CO. The molecule has 3 rings (SSSR count). The van der Waals surface area contributed by atoms with Crippen LogP contribution in [0.5, 0.6) is 0 Å². The van der Waals surface area contributed by atoms with Gasteiger partial charge in [0.15, 0.2) is 0 Å². The van der Waals surface area contributed by atoms with Gasteiger partial charge >= 0.3 is 0 Å². The third-order valence-corrected chi connectivity index (χ3v) is 5.69. The molecule has 0 aliphatic carbocycles. The molecule has 2 aromatic rings. The fraction of sp³-hybridized carbons (Fsp3) is 0.467. The molecule has 0 saturated carbocycles. The van der Waals surface area contributed by atoms with E-state index in [1.54, 1.807) is 16.2 Å². The maximum absolute atomic E-state index is 12.7. The predicted molar refractivity (Wildman–Crippen MR) is 85.8 cm³/mol. The zero-order valence-electron chi connectivity index (χ0n) is 11.7. The zero-order valence-corrected chi connectivity index (χ0v) is 13.3. The van der Waals surface area contributed by atoms with E-state index in [1.807, 2.05) is 22.9 Å². The van der Waals surface area contributed by atoms with Gasteiger partial charge in [-0.25, -0.2) is 4.98 Å². The van der Waals surface area contributed by atoms with Gasteiger partial charge in [-0.05, 0) is 24.3 Å². The third kappa shape index (κ3) is 3.17. The Morgan fingerprint density at radius 3 is 3.05 bits per heavy atom. The largest absolute Gasteiger partial charge is 0.394 e. The Labute approximate surface area is 132 Å². The molecular weight excluding hydrogens is 304 g/mol. The van der Waals surface area contributed by atoms with E-state index in [-0.39, 0.29) is 18.6 Å². The number of aliphatic hydroxyl groups excluding tert-OH is 1. The first-order valence-corrected chi connectivity index (χ1v) is 8.97. The molecule has 1 unspecified atom stereocenters. The van der Waals surface area contributed by atoms with Crippen LogP contribution in [0.15, 0.2) is 22.9 Å². The summed E-state index contributed by atoms with van der Waals surface area (Å²) in [7, 11) is 0. The van der Waals surface area contributed by atoms with Crippen molar-refractivity contribution in [3.8, 4) is 9.88 Å². The molecule has 21 heavy (non-hydrogen) atoms. The van der Waals surface area contributed by atoms with E-state index < -0.39 is 0 Å². The van der Waals surface area contributed by atoms with Gasteiger partial charge in [-0.2, -0.15) is 0 Å². The van der Waals surface area contributed by atoms with Crippen molar-refractivity contribution in [3.05, 3.63) is 28.6 Å². The average Bonchev–Trinajstić information content (AvgIpc) is 3.13. The molecule has 4 nitrogen and oxygen atoms in total. The van der Waals surface area contributed by atoms with Gasteiger partial charge < -0.3 is 10.0 Å². The highest BCUT2D eigenvalue weighted by Crippen LogP contribution is 2.29. The van der Waals surface area contributed by atoms with Crippen LogP contribution in [-0.2, 0) is 0 Å². The predicted octanol–water partition coefficient (Wildman–Crippen LogP) is 3.25. The molecule has 1 saturated heterocycles. The van der Waals surface area contributed by atoms with Gasteiger partial charge in [0, 0.05) is 11.9 Å². The Bertz CT molecular complexity index is 595. The Morgan fingerprint density at radius 2 is 2.29 bits per heavy atom. The van der Waals surface area contributed by atoms with Crippen molar-refractivity contribution < 1.29 is 9.90 Å². The van der Waals surface area contributed by atoms with Crippen molar-refractivity contribution in [3.63, 3.8) is 0 Å². The topological polar surface area (TPSA) is 53.4 Å². The van der Waals surface area contributed by atoms with E-state index in [0.717, 1.165) is 42.1 Å². The fourth-order valence-corrected chi connectivity index (χ4v) is 4.28. The number of nitrogens with zero attached hydrogens (tertiary/aromatic N) is 2. The molecular formula is C15H18N2O2S2. The van der Waals surface area contributed by atoms with Gasteiger partial charge in [0.05, 0.1) is 17.5 Å². The quantitative estimate of drug-likeness (QED) is 0.944. The van der Waals surface area contributed by atoms with Gasteiger partial charge in [-0.15, -0.1) is 22.7 Å². The van der Waals surface area contributed by atoms with Crippen molar-refractivity contribution in [2.45, 2.75) is 31.7 Å². The molecule has 2 aromatic heterocycles. The molecule has 1 fully saturated rings. The molecule has 1 aliphatic rings. The van der Waals surface area contributed by atoms with Crippen LogP contribution in [0.25, 0.3) is 9.88 Å². The lowest BCUT2D eigenvalue weighted by atomic mass is 10.1. The molecule has 1 amide bonds. The summed E-state index contributed by atoms with van der Waals surface area (Å²) in [6.45, 7) is 0.754. The van der Waals surface area contributed by atoms with Crippen LogP contribution in [0.3, 0.4) is 0 Å². The molecule has 112 valence electrons. The molecule has 0 bridgehead atoms. The summed E-state index contributed by atoms with van der Waals surface area (Å²) >= 11 is 3.13. The second-order valence-corrected chi connectivity index (χ2v) is 7.01. The Kier molecular flexibility index (Phi) is 4.67. The normalized spacial score (nSPS) is 19.5. The maximum atomic E-state index is 12.7. The second kappa shape index (κ2) is 6.68.